The molecular formula is C15H21F3N2O3S. The maximum Gasteiger partial charge on any atom is 0.416 e. The number of likely N-dealkylation sites (N-methyl/N-ethyl adjacent to an activating group) is 1. The number of benzene rings is 1. The fourth-order valence-electron chi connectivity index (χ4n) is 2.08. The van der Waals surface area contributed by atoms with Crippen LogP contribution in [-0.4, -0.2) is 38.5 Å². The summed E-state index contributed by atoms with van der Waals surface area (Å²) < 4.78 is 62.0. The third kappa shape index (κ3) is 5.79. The molecule has 0 saturated heterocycles. The molecule has 0 heterocycles. The quantitative estimate of drug-likeness (QED) is 0.841. The van der Waals surface area contributed by atoms with Gasteiger partial charge in [0.15, 0.2) is 0 Å². The second-order valence-corrected chi connectivity index (χ2v) is 8.02. The normalized spacial score (nSPS) is 14.0. The molecule has 1 atom stereocenters. The number of hydrogen-bond acceptors (Lipinski definition) is 3. The number of nitrogens with one attached hydrogen (secondary N) is 1. The Morgan fingerprint density at radius 1 is 1.29 bits per heavy atom. The minimum Gasteiger partial charge on any atom is -0.348 e. The van der Waals surface area contributed by atoms with Crippen LogP contribution in [-0.2, 0) is 21.0 Å². The number of rotatable bonds is 6. The van der Waals surface area contributed by atoms with E-state index in [0.717, 1.165) is 22.7 Å². The minimum atomic E-state index is -4.47. The Morgan fingerprint density at radius 3 is 2.33 bits per heavy atom. The van der Waals surface area contributed by atoms with Crippen molar-refractivity contribution in [3.05, 3.63) is 35.4 Å². The maximum atomic E-state index is 12.8. The van der Waals surface area contributed by atoms with E-state index in [2.05, 4.69) is 5.32 Å². The lowest BCUT2D eigenvalue weighted by molar-refractivity contribution is -0.137. The first-order valence-corrected chi connectivity index (χ1v) is 9.05. The van der Waals surface area contributed by atoms with Crippen molar-refractivity contribution in [2.45, 2.75) is 26.1 Å². The number of amides is 1. The molecule has 1 rings (SSSR count). The fraction of sp³-hybridized carbons (Fsp3) is 0.533. The molecule has 1 amide bonds. The minimum absolute atomic E-state index is 0.180. The second kappa shape index (κ2) is 7.52. The van der Waals surface area contributed by atoms with Crippen LogP contribution in [0.1, 0.15) is 31.0 Å². The van der Waals surface area contributed by atoms with Gasteiger partial charge in [0, 0.05) is 7.05 Å². The first kappa shape index (κ1) is 20.4. The molecule has 0 spiro atoms. The molecule has 0 bridgehead atoms. The van der Waals surface area contributed by atoms with Gasteiger partial charge in [-0.25, -0.2) is 8.42 Å². The summed E-state index contributed by atoms with van der Waals surface area (Å²) in [5.41, 5.74) is -0.483. The molecule has 0 aromatic heterocycles. The number of alkyl halides is 3. The van der Waals surface area contributed by atoms with Gasteiger partial charge in [0.05, 0.1) is 24.4 Å². The van der Waals surface area contributed by atoms with Crippen molar-refractivity contribution < 1.29 is 26.4 Å². The highest BCUT2D eigenvalue weighted by atomic mass is 32.2. The predicted molar refractivity (Wildman–Crippen MR) is 84.6 cm³/mol. The summed E-state index contributed by atoms with van der Waals surface area (Å²) in [5, 5.41) is 2.60. The summed E-state index contributed by atoms with van der Waals surface area (Å²) in [7, 11) is -2.27. The van der Waals surface area contributed by atoms with Crippen molar-refractivity contribution in [3.8, 4) is 0 Å². The Kier molecular flexibility index (Phi) is 6.40. The molecule has 0 aliphatic rings. The lowest BCUT2D eigenvalue weighted by Gasteiger charge is -2.25. The van der Waals surface area contributed by atoms with Gasteiger partial charge in [0.1, 0.15) is 0 Å². The molecule has 1 N–H and O–H groups in total. The molecule has 0 aliphatic heterocycles. The van der Waals surface area contributed by atoms with E-state index in [1.165, 1.54) is 19.2 Å². The molecule has 136 valence electrons. The zero-order valence-electron chi connectivity index (χ0n) is 13.9. The number of halogens is 3. The zero-order valence-corrected chi connectivity index (χ0v) is 14.7. The van der Waals surface area contributed by atoms with Gasteiger partial charge in [0.2, 0.25) is 15.9 Å². The Labute approximate surface area is 139 Å². The van der Waals surface area contributed by atoms with Gasteiger partial charge in [-0.3, -0.25) is 4.79 Å². The van der Waals surface area contributed by atoms with E-state index in [1.54, 1.807) is 13.8 Å². The van der Waals surface area contributed by atoms with E-state index < -0.39 is 40.3 Å². The Balaban J connectivity index is 2.98. The van der Waals surface area contributed by atoms with Crippen molar-refractivity contribution in [2.75, 3.05) is 19.8 Å². The highest BCUT2D eigenvalue weighted by molar-refractivity contribution is 7.88. The predicted octanol–water partition coefficient (Wildman–Crippen LogP) is 2.41. The highest BCUT2D eigenvalue weighted by Gasteiger charge is 2.31. The van der Waals surface area contributed by atoms with Crippen molar-refractivity contribution in [1.82, 2.24) is 9.62 Å². The summed E-state index contributed by atoms with van der Waals surface area (Å²) >= 11 is 0. The number of hydrogen-bond donors (Lipinski definition) is 1. The summed E-state index contributed by atoms with van der Waals surface area (Å²) in [6.45, 7) is 3.11. The molecule has 0 saturated carbocycles. The van der Waals surface area contributed by atoms with Crippen LogP contribution in [0.25, 0.3) is 0 Å². The standard InChI is InChI=1S/C15H21F3N2O3S/c1-10(2)14(19-13(21)9-20(3)24(4,22)23)11-6-5-7-12(8-11)15(16,17)18/h5-8,10,14H,9H2,1-4H3,(H,19,21). The number of carbonyl (C=O) groups is 1. The number of carbonyl (C=O) groups excluding carboxylic acids is 1. The molecule has 0 aliphatic carbocycles. The zero-order chi connectivity index (χ0) is 18.7. The molecule has 1 aromatic rings. The van der Waals surface area contributed by atoms with E-state index in [9.17, 15) is 26.4 Å². The van der Waals surface area contributed by atoms with Crippen LogP contribution in [0.4, 0.5) is 13.2 Å². The Hall–Kier alpha value is -1.61. The molecule has 1 unspecified atom stereocenters. The van der Waals surface area contributed by atoms with Crippen LogP contribution >= 0.6 is 0 Å². The third-order valence-corrected chi connectivity index (χ3v) is 4.75. The smallest absolute Gasteiger partial charge is 0.348 e. The van der Waals surface area contributed by atoms with Crippen LogP contribution in [0.2, 0.25) is 0 Å². The monoisotopic (exact) mass is 366 g/mol. The largest absolute Gasteiger partial charge is 0.416 e. The lowest BCUT2D eigenvalue weighted by atomic mass is 9.94. The van der Waals surface area contributed by atoms with E-state index in [1.807, 2.05) is 0 Å². The Bertz CT molecular complexity index is 687. The fourth-order valence-corrected chi connectivity index (χ4v) is 2.43. The molecule has 24 heavy (non-hydrogen) atoms. The highest BCUT2D eigenvalue weighted by Crippen LogP contribution is 2.32. The van der Waals surface area contributed by atoms with Gasteiger partial charge in [0.25, 0.3) is 0 Å². The van der Waals surface area contributed by atoms with Gasteiger partial charge < -0.3 is 5.32 Å². The van der Waals surface area contributed by atoms with Gasteiger partial charge in [-0.1, -0.05) is 26.0 Å². The van der Waals surface area contributed by atoms with Crippen LogP contribution < -0.4 is 5.32 Å². The molecule has 1 aromatic carbocycles. The summed E-state index contributed by atoms with van der Waals surface area (Å²) in [6, 6.07) is 4.07. The average Bonchev–Trinajstić information content (AvgIpc) is 2.42. The summed E-state index contributed by atoms with van der Waals surface area (Å²) in [6.07, 6.45) is -3.51. The van der Waals surface area contributed by atoms with Gasteiger partial charge in [-0.15, -0.1) is 0 Å². The van der Waals surface area contributed by atoms with Crippen molar-refractivity contribution in [3.63, 3.8) is 0 Å². The third-order valence-electron chi connectivity index (χ3n) is 3.49. The maximum absolute atomic E-state index is 12.8. The Morgan fingerprint density at radius 2 is 1.88 bits per heavy atom. The molecule has 0 radical (unpaired) electrons. The van der Waals surface area contributed by atoms with Crippen LogP contribution in [0, 0.1) is 5.92 Å². The van der Waals surface area contributed by atoms with Crippen molar-refractivity contribution in [2.24, 2.45) is 5.92 Å². The van der Waals surface area contributed by atoms with Crippen LogP contribution in [0.15, 0.2) is 24.3 Å². The van der Waals surface area contributed by atoms with Gasteiger partial charge in [-0.2, -0.15) is 17.5 Å². The van der Waals surface area contributed by atoms with Gasteiger partial charge in [-0.05, 0) is 23.6 Å². The topological polar surface area (TPSA) is 66.5 Å². The van der Waals surface area contributed by atoms with E-state index in [4.69, 9.17) is 0 Å². The SMILES string of the molecule is CC(C)C(NC(=O)CN(C)S(C)(=O)=O)c1cccc(C(F)(F)F)c1. The number of nitrogens with zero attached hydrogens (tertiary/aromatic N) is 1. The molecular weight excluding hydrogens is 345 g/mol. The second-order valence-electron chi connectivity index (χ2n) is 5.93. The first-order chi connectivity index (χ1) is 10.8. The summed E-state index contributed by atoms with van der Waals surface area (Å²) in [5.74, 6) is -0.764. The molecule has 5 nitrogen and oxygen atoms in total. The first-order valence-electron chi connectivity index (χ1n) is 7.20. The van der Waals surface area contributed by atoms with E-state index >= 15 is 0 Å². The molecule has 9 heteroatoms. The van der Waals surface area contributed by atoms with Crippen LogP contribution in [0.3, 0.4) is 0 Å². The van der Waals surface area contributed by atoms with Crippen LogP contribution in [0.5, 0.6) is 0 Å². The van der Waals surface area contributed by atoms with Gasteiger partial charge >= 0.3 is 6.18 Å². The number of sulfonamides is 1. The molecule has 0 fully saturated rings. The lowest BCUT2D eigenvalue weighted by Crippen LogP contribution is -2.40. The van der Waals surface area contributed by atoms with Crippen molar-refractivity contribution in [1.29, 1.82) is 0 Å². The van der Waals surface area contributed by atoms with E-state index in [0.29, 0.717) is 5.56 Å². The van der Waals surface area contributed by atoms with E-state index in [-0.39, 0.29) is 5.92 Å². The van der Waals surface area contributed by atoms with Crippen molar-refractivity contribution >= 4 is 15.9 Å². The summed E-state index contributed by atoms with van der Waals surface area (Å²) in [4.78, 5) is 12.0. The average molecular weight is 366 g/mol.